The van der Waals surface area contributed by atoms with E-state index in [1.54, 1.807) is 0 Å². The number of halogens is 4. The number of likely N-dealkylation sites (N-methyl/N-ethyl adjacent to an activating group) is 1. The molecule has 0 unspecified atom stereocenters. The Hall–Kier alpha value is -1.08. The summed E-state index contributed by atoms with van der Waals surface area (Å²) in [4.78, 5) is 8.77. The van der Waals surface area contributed by atoms with E-state index in [2.05, 4.69) is 20.2 Å². The topological polar surface area (TPSA) is 41.0 Å². The van der Waals surface area contributed by atoms with E-state index in [1.165, 1.54) is 6.07 Å². The fraction of sp³-hybridized carbons (Fsp3) is 0.667. The molecule has 1 N–H and O–H groups in total. The molecule has 0 saturated heterocycles. The summed E-state index contributed by atoms with van der Waals surface area (Å²) in [7, 11) is 3.93. The van der Waals surface area contributed by atoms with Gasteiger partial charge in [0.2, 0.25) is 5.82 Å². The highest BCUT2D eigenvalue weighted by molar-refractivity contribution is 6.29. The third-order valence-corrected chi connectivity index (χ3v) is 3.97. The van der Waals surface area contributed by atoms with Gasteiger partial charge in [0.15, 0.2) is 0 Å². The summed E-state index contributed by atoms with van der Waals surface area (Å²) in [6.07, 6.45) is -1.45. The number of hydrogen-bond donors (Lipinski definition) is 1. The standard InChI is InChI=1S/C12H16ClF3N4/c1-20(2)11(4-3-5-11)7-17-9-6-8(13)18-10(19-9)12(14,15)16/h6H,3-5,7H2,1-2H3,(H,17,18,19). The molecule has 0 bridgehead atoms. The molecule has 2 rings (SSSR count). The Labute approximate surface area is 120 Å². The molecule has 0 radical (unpaired) electrons. The minimum absolute atomic E-state index is 0.0180. The Morgan fingerprint density at radius 1 is 1.35 bits per heavy atom. The van der Waals surface area contributed by atoms with Crippen LogP contribution in [0, 0.1) is 0 Å². The minimum atomic E-state index is -4.60. The van der Waals surface area contributed by atoms with Gasteiger partial charge in [-0.2, -0.15) is 13.2 Å². The van der Waals surface area contributed by atoms with Crippen molar-refractivity contribution in [2.45, 2.75) is 31.0 Å². The van der Waals surface area contributed by atoms with Crippen LogP contribution in [0.3, 0.4) is 0 Å². The van der Waals surface area contributed by atoms with Crippen LogP contribution in [0.1, 0.15) is 25.1 Å². The molecule has 4 nitrogen and oxygen atoms in total. The number of alkyl halides is 3. The van der Waals surface area contributed by atoms with Crippen molar-refractivity contribution in [3.8, 4) is 0 Å². The van der Waals surface area contributed by atoms with Crippen LogP contribution in [0.5, 0.6) is 0 Å². The Kier molecular flexibility index (Phi) is 4.11. The number of aromatic nitrogens is 2. The van der Waals surface area contributed by atoms with E-state index in [0.29, 0.717) is 6.54 Å². The molecule has 0 atom stereocenters. The number of nitrogens with one attached hydrogen (secondary N) is 1. The minimum Gasteiger partial charge on any atom is -0.368 e. The molecule has 8 heteroatoms. The van der Waals surface area contributed by atoms with E-state index in [4.69, 9.17) is 11.6 Å². The van der Waals surface area contributed by atoms with Crippen LogP contribution in [0.25, 0.3) is 0 Å². The van der Waals surface area contributed by atoms with Gasteiger partial charge in [-0.05, 0) is 33.4 Å². The summed E-state index contributed by atoms with van der Waals surface area (Å²) in [6, 6.07) is 1.30. The van der Waals surface area contributed by atoms with Crippen LogP contribution in [0.15, 0.2) is 6.07 Å². The highest BCUT2D eigenvalue weighted by Crippen LogP contribution is 2.36. The predicted octanol–water partition coefficient (Wildman–Crippen LogP) is 3.05. The van der Waals surface area contributed by atoms with Crippen molar-refractivity contribution < 1.29 is 13.2 Å². The lowest BCUT2D eigenvalue weighted by atomic mass is 9.75. The van der Waals surface area contributed by atoms with E-state index in [9.17, 15) is 13.2 Å². The van der Waals surface area contributed by atoms with Crippen LogP contribution in [0.2, 0.25) is 5.15 Å². The zero-order valence-corrected chi connectivity index (χ0v) is 12.0. The van der Waals surface area contributed by atoms with Crippen molar-refractivity contribution in [2.24, 2.45) is 0 Å². The Morgan fingerprint density at radius 3 is 2.45 bits per heavy atom. The predicted molar refractivity (Wildman–Crippen MR) is 70.8 cm³/mol. The highest BCUT2D eigenvalue weighted by Gasteiger charge is 2.39. The first kappa shape index (κ1) is 15.3. The molecule has 1 fully saturated rings. The number of nitrogens with zero attached hydrogens (tertiary/aromatic N) is 3. The molecule has 0 amide bonds. The maximum absolute atomic E-state index is 12.6. The quantitative estimate of drug-likeness (QED) is 0.868. The Balaban J connectivity index is 2.12. The van der Waals surface area contributed by atoms with Gasteiger partial charge < -0.3 is 10.2 Å². The molecule has 0 spiro atoms. The Morgan fingerprint density at radius 2 is 2.00 bits per heavy atom. The van der Waals surface area contributed by atoms with E-state index in [-0.39, 0.29) is 16.5 Å². The van der Waals surface area contributed by atoms with Crippen molar-refractivity contribution >= 4 is 17.4 Å². The number of hydrogen-bond acceptors (Lipinski definition) is 4. The van der Waals surface area contributed by atoms with Gasteiger partial charge in [-0.25, -0.2) is 9.97 Å². The first-order valence-electron chi connectivity index (χ1n) is 6.26. The summed E-state index contributed by atoms with van der Waals surface area (Å²) in [5.74, 6) is -1.12. The molecule has 1 aromatic heterocycles. The maximum Gasteiger partial charge on any atom is 0.451 e. The molecule has 112 valence electrons. The average molecular weight is 309 g/mol. The number of anilines is 1. The van der Waals surface area contributed by atoms with Gasteiger partial charge >= 0.3 is 6.18 Å². The van der Waals surface area contributed by atoms with Crippen LogP contribution >= 0.6 is 11.6 Å². The van der Waals surface area contributed by atoms with Crippen molar-refractivity contribution in [1.29, 1.82) is 0 Å². The first-order valence-corrected chi connectivity index (χ1v) is 6.64. The van der Waals surface area contributed by atoms with E-state index < -0.39 is 12.0 Å². The highest BCUT2D eigenvalue weighted by atomic mass is 35.5. The summed E-state index contributed by atoms with van der Waals surface area (Å²) >= 11 is 5.61. The lowest BCUT2D eigenvalue weighted by molar-refractivity contribution is -0.144. The van der Waals surface area contributed by atoms with E-state index in [1.807, 2.05) is 14.1 Å². The third-order valence-electron chi connectivity index (χ3n) is 3.78. The van der Waals surface area contributed by atoms with Crippen LogP contribution in [0.4, 0.5) is 19.0 Å². The second-order valence-corrected chi connectivity index (χ2v) is 5.61. The van der Waals surface area contributed by atoms with Gasteiger partial charge in [0.05, 0.1) is 0 Å². The molecule has 1 aromatic rings. The van der Waals surface area contributed by atoms with Crippen molar-refractivity contribution in [2.75, 3.05) is 26.0 Å². The van der Waals surface area contributed by atoms with Crippen molar-refractivity contribution in [1.82, 2.24) is 14.9 Å². The van der Waals surface area contributed by atoms with Crippen molar-refractivity contribution in [3.05, 3.63) is 17.0 Å². The summed E-state index contributed by atoms with van der Waals surface area (Å²) in [6.45, 7) is 0.532. The third kappa shape index (κ3) is 3.15. The Bertz CT molecular complexity index is 486. The SMILES string of the molecule is CN(C)C1(CNc2cc(Cl)nc(C(F)(F)F)n2)CCC1. The number of rotatable bonds is 4. The van der Waals surface area contributed by atoms with Crippen molar-refractivity contribution in [3.63, 3.8) is 0 Å². The maximum atomic E-state index is 12.6. The molecular weight excluding hydrogens is 293 g/mol. The summed E-state index contributed by atoms with van der Waals surface area (Å²) in [5.41, 5.74) is -0.0180. The second-order valence-electron chi connectivity index (χ2n) is 5.22. The van der Waals surface area contributed by atoms with Gasteiger partial charge in [-0.1, -0.05) is 11.6 Å². The molecule has 1 aliphatic carbocycles. The molecule has 1 aliphatic rings. The lowest BCUT2D eigenvalue weighted by Gasteiger charge is -2.47. The molecule has 1 heterocycles. The molecule has 1 saturated carbocycles. The van der Waals surface area contributed by atoms with Gasteiger partial charge in [0.25, 0.3) is 0 Å². The second kappa shape index (κ2) is 5.37. The van der Waals surface area contributed by atoms with E-state index in [0.717, 1.165) is 19.3 Å². The van der Waals surface area contributed by atoms with E-state index >= 15 is 0 Å². The molecule has 0 aliphatic heterocycles. The van der Waals surface area contributed by atoms with Gasteiger partial charge in [-0.3, -0.25) is 0 Å². The summed E-state index contributed by atoms with van der Waals surface area (Å²) < 4.78 is 37.8. The molecule has 20 heavy (non-hydrogen) atoms. The van der Waals surface area contributed by atoms with Crippen LogP contribution in [-0.4, -0.2) is 41.0 Å². The average Bonchev–Trinajstić information content (AvgIpc) is 2.25. The summed E-state index contributed by atoms with van der Waals surface area (Å²) in [5, 5.41) is 2.72. The molecular formula is C12H16ClF3N4. The molecule has 0 aromatic carbocycles. The van der Waals surface area contributed by atoms with Crippen LogP contribution < -0.4 is 5.32 Å². The monoisotopic (exact) mass is 308 g/mol. The van der Waals surface area contributed by atoms with Gasteiger partial charge in [0, 0.05) is 18.2 Å². The van der Waals surface area contributed by atoms with Gasteiger partial charge in [-0.15, -0.1) is 0 Å². The van der Waals surface area contributed by atoms with Crippen LogP contribution in [-0.2, 0) is 6.18 Å². The normalized spacial score (nSPS) is 17.9. The zero-order chi connectivity index (χ0) is 15.0. The first-order chi connectivity index (χ1) is 9.23. The zero-order valence-electron chi connectivity index (χ0n) is 11.3. The smallest absolute Gasteiger partial charge is 0.368 e. The fourth-order valence-electron chi connectivity index (χ4n) is 2.26. The largest absolute Gasteiger partial charge is 0.451 e. The lowest BCUT2D eigenvalue weighted by Crippen LogP contribution is -2.54. The fourth-order valence-corrected chi connectivity index (χ4v) is 2.44. The van der Waals surface area contributed by atoms with Gasteiger partial charge in [0.1, 0.15) is 11.0 Å².